The van der Waals surface area contributed by atoms with Crippen LogP contribution in [0.2, 0.25) is 0 Å². The summed E-state index contributed by atoms with van der Waals surface area (Å²) in [5.41, 5.74) is 1.06. The lowest BCUT2D eigenvalue weighted by molar-refractivity contribution is -0.125. The number of benzene rings is 1. The minimum absolute atomic E-state index is 0.0359. The summed E-state index contributed by atoms with van der Waals surface area (Å²) in [6.07, 6.45) is 5.34. The molecule has 1 fully saturated rings. The third-order valence-electron chi connectivity index (χ3n) is 4.82. The lowest BCUT2D eigenvalue weighted by Gasteiger charge is -2.31. The molecule has 1 N–H and O–H groups in total. The van der Waals surface area contributed by atoms with Gasteiger partial charge in [0.1, 0.15) is 12.4 Å². The van der Waals surface area contributed by atoms with Gasteiger partial charge in [0.2, 0.25) is 11.9 Å². The smallest absolute Gasteiger partial charge is 0.225 e. The van der Waals surface area contributed by atoms with Crippen LogP contribution >= 0.6 is 0 Å². The molecular weight excluding hydrogens is 354 g/mol. The Bertz CT molecular complexity index is 736. The van der Waals surface area contributed by atoms with Crippen LogP contribution in [0.1, 0.15) is 18.4 Å². The van der Waals surface area contributed by atoms with Gasteiger partial charge in [-0.15, -0.1) is 0 Å². The highest BCUT2D eigenvalue weighted by Gasteiger charge is 2.26. The molecule has 1 saturated heterocycles. The maximum absolute atomic E-state index is 12.6. The molecule has 1 aromatic heterocycles. The van der Waals surface area contributed by atoms with E-state index in [1.807, 2.05) is 38.4 Å². The van der Waals surface area contributed by atoms with Crippen LogP contribution in [0.5, 0.6) is 5.75 Å². The van der Waals surface area contributed by atoms with E-state index in [4.69, 9.17) is 4.74 Å². The molecule has 28 heavy (non-hydrogen) atoms. The maximum atomic E-state index is 12.6. The van der Waals surface area contributed by atoms with Gasteiger partial charge in [-0.05, 0) is 50.7 Å². The normalized spacial score (nSPS) is 16.8. The number of anilines is 1. The molecule has 1 amide bonds. The number of nitrogens with one attached hydrogen (secondary N) is 1. The van der Waals surface area contributed by atoms with Gasteiger partial charge in [0.05, 0.1) is 5.92 Å². The third kappa shape index (κ3) is 5.92. The predicted octanol–water partition coefficient (Wildman–Crippen LogP) is 1.95. The highest BCUT2D eigenvalue weighted by atomic mass is 16.5. The zero-order chi connectivity index (χ0) is 19.8. The van der Waals surface area contributed by atoms with E-state index in [-0.39, 0.29) is 11.8 Å². The molecule has 0 saturated carbocycles. The number of likely N-dealkylation sites (N-methyl/N-ethyl adjacent to an activating group) is 1. The number of ether oxygens (including phenoxy) is 1. The second-order valence-electron chi connectivity index (χ2n) is 7.35. The summed E-state index contributed by atoms with van der Waals surface area (Å²) >= 11 is 0. The number of aromatic nitrogens is 2. The van der Waals surface area contributed by atoms with E-state index in [2.05, 4.69) is 25.1 Å². The fourth-order valence-electron chi connectivity index (χ4n) is 3.21. The van der Waals surface area contributed by atoms with Crippen LogP contribution in [0.25, 0.3) is 0 Å². The summed E-state index contributed by atoms with van der Waals surface area (Å²) in [5.74, 6) is 1.60. The first-order chi connectivity index (χ1) is 13.6. The van der Waals surface area contributed by atoms with Gasteiger partial charge in [-0.2, -0.15) is 0 Å². The topological polar surface area (TPSA) is 70.6 Å². The molecule has 0 aliphatic carbocycles. The fraction of sp³-hybridized carbons (Fsp3) is 0.476. The number of hydrogen-bond donors (Lipinski definition) is 1. The zero-order valence-electron chi connectivity index (χ0n) is 16.7. The number of nitrogens with zero attached hydrogens (tertiary/aromatic N) is 4. The van der Waals surface area contributed by atoms with Crippen molar-refractivity contribution in [3.8, 4) is 5.75 Å². The average molecular weight is 383 g/mol. The third-order valence-corrected chi connectivity index (χ3v) is 4.82. The Morgan fingerprint density at radius 1 is 1.25 bits per heavy atom. The van der Waals surface area contributed by atoms with Gasteiger partial charge in [0.15, 0.2) is 0 Å². The number of carbonyl (C=O) groups is 1. The fourth-order valence-corrected chi connectivity index (χ4v) is 3.21. The van der Waals surface area contributed by atoms with Gasteiger partial charge in [0.25, 0.3) is 0 Å². The van der Waals surface area contributed by atoms with Crippen LogP contribution < -0.4 is 15.0 Å². The number of carbonyl (C=O) groups excluding carboxylic acids is 1. The Morgan fingerprint density at radius 3 is 2.71 bits per heavy atom. The van der Waals surface area contributed by atoms with Crippen LogP contribution in [0, 0.1) is 5.92 Å². The summed E-state index contributed by atoms with van der Waals surface area (Å²) in [4.78, 5) is 25.4. The van der Waals surface area contributed by atoms with Crippen molar-refractivity contribution in [3.63, 3.8) is 0 Å². The molecule has 1 atom stereocenters. The van der Waals surface area contributed by atoms with E-state index in [0.717, 1.165) is 37.2 Å². The zero-order valence-corrected chi connectivity index (χ0v) is 16.7. The van der Waals surface area contributed by atoms with E-state index in [1.165, 1.54) is 0 Å². The highest BCUT2D eigenvalue weighted by Crippen LogP contribution is 2.20. The molecule has 7 heteroatoms. The van der Waals surface area contributed by atoms with Crippen molar-refractivity contribution in [1.29, 1.82) is 0 Å². The van der Waals surface area contributed by atoms with Gasteiger partial charge in [-0.25, -0.2) is 9.97 Å². The standard InChI is InChI=1S/C21H29N5O2/c1-25(2)13-14-28-19-8-6-17(7-9-19)15-24-20(27)18-5-3-12-26(16-18)21-22-10-4-11-23-21/h4,6-11,18H,3,5,12-16H2,1-2H3,(H,24,27). The van der Waals surface area contributed by atoms with E-state index >= 15 is 0 Å². The first-order valence-corrected chi connectivity index (χ1v) is 9.78. The molecule has 1 aliphatic rings. The van der Waals surface area contributed by atoms with Crippen molar-refractivity contribution in [2.24, 2.45) is 5.92 Å². The molecule has 1 aromatic carbocycles. The van der Waals surface area contributed by atoms with E-state index in [1.54, 1.807) is 18.5 Å². The van der Waals surface area contributed by atoms with Crippen LogP contribution in [0.4, 0.5) is 5.95 Å². The molecule has 0 radical (unpaired) electrons. The second-order valence-corrected chi connectivity index (χ2v) is 7.35. The Labute approximate surface area is 166 Å². The molecule has 2 heterocycles. The lowest BCUT2D eigenvalue weighted by atomic mass is 9.97. The minimum Gasteiger partial charge on any atom is -0.492 e. The summed E-state index contributed by atoms with van der Waals surface area (Å²) in [6.45, 7) is 3.61. The van der Waals surface area contributed by atoms with Crippen LogP contribution in [0.15, 0.2) is 42.7 Å². The monoisotopic (exact) mass is 383 g/mol. The van der Waals surface area contributed by atoms with Crippen LogP contribution in [0.3, 0.4) is 0 Å². The molecule has 150 valence electrons. The average Bonchev–Trinajstić information content (AvgIpc) is 2.73. The number of hydrogen-bond acceptors (Lipinski definition) is 6. The Morgan fingerprint density at radius 2 is 2.00 bits per heavy atom. The SMILES string of the molecule is CN(C)CCOc1ccc(CNC(=O)C2CCCN(c3ncccn3)C2)cc1. The van der Waals surface area contributed by atoms with Crippen molar-refractivity contribution in [3.05, 3.63) is 48.3 Å². The van der Waals surface area contributed by atoms with E-state index < -0.39 is 0 Å². The summed E-state index contributed by atoms with van der Waals surface area (Å²) < 4.78 is 5.70. The van der Waals surface area contributed by atoms with E-state index in [9.17, 15) is 4.79 Å². The summed E-state index contributed by atoms with van der Waals surface area (Å²) in [6, 6.07) is 9.70. The molecule has 1 aliphatic heterocycles. The summed E-state index contributed by atoms with van der Waals surface area (Å²) in [7, 11) is 4.04. The number of rotatable bonds is 8. The molecular formula is C21H29N5O2. The molecule has 0 bridgehead atoms. The van der Waals surface area contributed by atoms with Crippen molar-refractivity contribution < 1.29 is 9.53 Å². The lowest BCUT2D eigenvalue weighted by Crippen LogP contribution is -2.43. The van der Waals surface area contributed by atoms with Crippen LogP contribution in [-0.2, 0) is 11.3 Å². The maximum Gasteiger partial charge on any atom is 0.225 e. The number of piperidine rings is 1. The van der Waals surface area contributed by atoms with Gasteiger partial charge in [-0.3, -0.25) is 4.79 Å². The molecule has 7 nitrogen and oxygen atoms in total. The molecule has 0 spiro atoms. The van der Waals surface area contributed by atoms with Crippen molar-refractivity contribution in [2.45, 2.75) is 19.4 Å². The molecule has 2 aromatic rings. The minimum atomic E-state index is -0.0359. The predicted molar refractivity (Wildman–Crippen MR) is 109 cm³/mol. The van der Waals surface area contributed by atoms with Gasteiger partial charge >= 0.3 is 0 Å². The molecule has 1 unspecified atom stereocenters. The van der Waals surface area contributed by atoms with E-state index in [0.29, 0.717) is 25.6 Å². The quantitative estimate of drug-likeness (QED) is 0.751. The Kier molecular flexibility index (Phi) is 7.19. The van der Waals surface area contributed by atoms with Gasteiger partial charge in [-0.1, -0.05) is 12.1 Å². The van der Waals surface area contributed by atoms with Gasteiger partial charge in [0, 0.05) is 38.6 Å². The van der Waals surface area contributed by atoms with Crippen molar-refractivity contribution in [1.82, 2.24) is 20.2 Å². The van der Waals surface area contributed by atoms with Crippen molar-refractivity contribution >= 4 is 11.9 Å². The van der Waals surface area contributed by atoms with Crippen LogP contribution in [-0.4, -0.2) is 61.1 Å². The Balaban J connectivity index is 1.46. The Hall–Kier alpha value is -2.67. The second kappa shape index (κ2) is 10.0. The van der Waals surface area contributed by atoms with Crippen molar-refractivity contribution in [2.75, 3.05) is 45.2 Å². The largest absolute Gasteiger partial charge is 0.492 e. The summed E-state index contributed by atoms with van der Waals surface area (Å²) in [5, 5.41) is 3.06. The number of amides is 1. The highest BCUT2D eigenvalue weighted by molar-refractivity contribution is 5.79. The first-order valence-electron chi connectivity index (χ1n) is 9.78. The first kappa shape index (κ1) is 20.1. The molecule has 3 rings (SSSR count). The van der Waals surface area contributed by atoms with Gasteiger partial charge < -0.3 is 19.9 Å².